The minimum absolute atomic E-state index is 0.212. The molecule has 0 aromatic carbocycles. The predicted octanol–water partition coefficient (Wildman–Crippen LogP) is 2.86. The van der Waals surface area contributed by atoms with Crippen LogP contribution in [-0.4, -0.2) is 32.5 Å². The summed E-state index contributed by atoms with van der Waals surface area (Å²) in [6.07, 6.45) is 5.40. The Hall–Kier alpha value is 1.02. The summed E-state index contributed by atoms with van der Waals surface area (Å²) in [7, 11) is 7.49. The van der Waals surface area contributed by atoms with E-state index in [4.69, 9.17) is 13.8 Å². The maximum atomic E-state index is 5.69. The molecule has 0 saturated carbocycles. The van der Waals surface area contributed by atoms with Crippen LogP contribution in [0.1, 0.15) is 32.6 Å². The maximum Gasteiger partial charge on any atom is 0.501 e. The molecular weight excluding hydrogens is 172 g/mol. The number of hydrogen-bond acceptors (Lipinski definition) is 1. The lowest BCUT2D eigenvalue weighted by molar-refractivity contribution is 0.0902. The Morgan fingerprint density at radius 2 is 2.18 bits per heavy atom. The van der Waals surface area contributed by atoms with Gasteiger partial charge in [0, 0.05) is 7.11 Å². The summed E-state index contributed by atoms with van der Waals surface area (Å²) in [5, 5.41) is 0. The molecule has 0 spiro atoms. The van der Waals surface area contributed by atoms with Crippen LogP contribution in [0, 0.1) is 0 Å². The highest BCUT2D eigenvalue weighted by atomic mass is 35.5. The summed E-state index contributed by atoms with van der Waals surface area (Å²) in [5.41, 5.74) is 0. The van der Waals surface area contributed by atoms with Crippen molar-refractivity contribution < 1.29 is 4.74 Å². The Kier molecular flexibility index (Phi) is 9.95. The summed E-state index contributed by atoms with van der Waals surface area (Å²) in [4.78, 5) is 0. The zero-order valence-electron chi connectivity index (χ0n) is 7.61. The van der Waals surface area contributed by atoms with Gasteiger partial charge in [0.15, 0.2) is 0 Å². The molecule has 0 amide bonds. The molecule has 0 heterocycles. The van der Waals surface area contributed by atoms with E-state index in [1.54, 1.807) is 7.11 Å². The fraction of sp³-hybridized carbons (Fsp3) is 1.00. The number of unbranched alkanes of at least 4 members (excludes halogenated alkanes) is 1. The first-order valence-corrected chi connectivity index (χ1v) is 7.57. The van der Waals surface area contributed by atoms with Gasteiger partial charge in [-0.3, -0.25) is 0 Å². The summed E-state index contributed by atoms with van der Waals surface area (Å²) in [5.74, 6) is 0. The first kappa shape index (κ1) is 12.0. The topological polar surface area (TPSA) is 9.23 Å². The van der Waals surface area contributed by atoms with E-state index >= 15 is 0 Å². The van der Waals surface area contributed by atoms with Gasteiger partial charge in [-0.25, -0.2) is 0 Å². The molecule has 0 aliphatic carbocycles. The lowest BCUT2D eigenvalue weighted by Crippen LogP contribution is -2.08. The van der Waals surface area contributed by atoms with Crippen LogP contribution in [0.5, 0.6) is 0 Å². The van der Waals surface area contributed by atoms with Gasteiger partial charge in [-0.15, -0.1) is 4.55 Å². The van der Waals surface area contributed by atoms with E-state index in [9.17, 15) is 0 Å². The van der Waals surface area contributed by atoms with Gasteiger partial charge < -0.3 is 13.8 Å². The van der Waals surface area contributed by atoms with Gasteiger partial charge in [-0.05, 0) is 12.8 Å². The molecule has 0 bridgehead atoms. The van der Waals surface area contributed by atoms with Crippen molar-refractivity contribution in [1.29, 1.82) is 0 Å². The van der Waals surface area contributed by atoms with Crippen molar-refractivity contribution >= 4 is 28.3 Å². The number of rotatable bonds is 7. The van der Waals surface area contributed by atoms with E-state index < -0.39 is 0 Å². The highest BCUT2D eigenvalue weighted by Crippen LogP contribution is 2.09. The van der Waals surface area contributed by atoms with E-state index in [1.807, 2.05) is 0 Å². The third-order valence-electron chi connectivity index (χ3n) is 1.95. The minimum Gasteiger partial charge on any atom is -0.381 e. The smallest absolute Gasteiger partial charge is 0.381 e. The Labute approximate surface area is 83.3 Å². The molecule has 0 aromatic heterocycles. The molecule has 1 atom stereocenters. The Morgan fingerprint density at radius 1 is 1.45 bits per heavy atom. The Morgan fingerprint density at radius 3 is 2.64 bits per heavy atom. The van der Waals surface area contributed by atoms with Gasteiger partial charge in [-0.1, -0.05) is 19.8 Å². The molecule has 11 heavy (non-hydrogen) atoms. The van der Waals surface area contributed by atoms with Gasteiger partial charge >= 0.3 is 19.3 Å². The third-order valence-corrected chi connectivity index (χ3v) is 3.52. The zero-order valence-corrected chi connectivity index (χ0v) is 9.78. The highest BCUT2D eigenvalue weighted by Gasteiger charge is 2.02. The maximum absolute atomic E-state index is 5.69. The average molecular weight is 189 g/mol. The average Bonchev–Trinajstić information content (AvgIpc) is 2.05. The lowest BCUT2D eigenvalue weighted by Gasteiger charge is -2.11. The second-order valence-corrected chi connectivity index (χ2v) is 5.02. The number of methoxy groups -OCH3 is 1. The third kappa shape index (κ3) is 7.38. The van der Waals surface area contributed by atoms with E-state index in [1.165, 1.54) is 23.8 Å². The largest absolute Gasteiger partial charge is 0.501 e. The SMILES string of the molecule is CCC(CCC[CH2][Mg][Cl])OC. The predicted molar refractivity (Wildman–Crippen MR) is 51.4 cm³/mol. The van der Waals surface area contributed by atoms with Crippen molar-refractivity contribution in [3.63, 3.8) is 0 Å². The Balaban J connectivity index is 3.07. The normalized spacial score (nSPS) is 12.6. The van der Waals surface area contributed by atoms with Crippen molar-refractivity contribution in [2.45, 2.75) is 43.3 Å². The van der Waals surface area contributed by atoms with E-state index in [-0.39, 0.29) is 19.3 Å². The number of hydrogen-bond donors (Lipinski definition) is 0. The number of halogens is 1. The van der Waals surface area contributed by atoms with E-state index in [2.05, 4.69) is 6.92 Å². The molecular formula is C8H17ClMgO. The van der Waals surface area contributed by atoms with E-state index in [0.717, 1.165) is 6.42 Å². The molecule has 0 fully saturated rings. The number of ether oxygens (including phenoxy) is 1. The molecule has 0 rings (SSSR count). The van der Waals surface area contributed by atoms with Crippen molar-refractivity contribution in [2.24, 2.45) is 0 Å². The van der Waals surface area contributed by atoms with Crippen molar-refractivity contribution in [2.75, 3.05) is 7.11 Å². The van der Waals surface area contributed by atoms with Crippen molar-refractivity contribution in [3.8, 4) is 0 Å². The second-order valence-electron chi connectivity index (χ2n) is 2.80. The standard InChI is InChI=1S/C8H17O.ClH.Mg/c1-4-6-7-8(5-2)9-3;;/h8H,1,4-7H2,2-3H3;1H;/q;;+1/p-1. The summed E-state index contributed by atoms with van der Waals surface area (Å²) in [6.45, 7) is 2.17. The van der Waals surface area contributed by atoms with Crippen LogP contribution < -0.4 is 0 Å². The lowest BCUT2D eigenvalue weighted by atomic mass is 10.1. The fourth-order valence-corrected chi connectivity index (χ4v) is 2.24. The molecule has 3 heteroatoms. The van der Waals surface area contributed by atoms with Crippen LogP contribution in [0.3, 0.4) is 0 Å². The van der Waals surface area contributed by atoms with Gasteiger partial charge in [0.1, 0.15) is 0 Å². The van der Waals surface area contributed by atoms with Crippen LogP contribution in [0.4, 0.5) is 0 Å². The first-order valence-electron chi connectivity index (χ1n) is 4.43. The first-order chi connectivity index (χ1) is 5.35. The van der Waals surface area contributed by atoms with Crippen LogP contribution >= 0.6 is 9.07 Å². The van der Waals surface area contributed by atoms with Crippen LogP contribution in [0.25, 0.3) is 0 Å². The van der Waals surface area contributed by atoms with E-state index in [0.29, 0.717) is 6.10 Å². The summed E-state index contributed by atoms with van der Waals surface area (Å²) >= 11 is -0.212. The quantitative estimate of drug-likeness (QED) is 0.441. The molecule has 0 aromatic rings. The highest BCUT2D eigenvalue weighted by molar-refractivity contribution is 6.93. The molecule has 64 valence electrons. The summed E-state index contributed by atoms with van der Waals surface area (Å²) in [6, 6.07) is 0. The molecule has 0 saturated heterocycles. The molecule has 0 N–H and O–H groups in total. The second kappa shape index (κ2) is 9.11. The van der Waals surface area contributed by atoms with Gasteiger partial charge in [0.2, 0.25) is 0 Å². The van der Waals surface area contributed by atoms with Gasteiger partial charge in [0.25, 0.3) is 0 Å². The fourth-order valence-electron chi connectivity index (χ4n) is 1.13. The zero-order chi connectivity index (χ0) is 8.53. The monoisotopic (exact) mass is 188 g/mol. The molecule has 0 radical (unpaired) electrons. The summed E-state index contributed by atoms with van der Waals surface area (Å²) < 4.78 is 6.54. The molecule has 1 unspecified atom stereocenters. The van der Waals surface area contributed by atoms with Gasteiger partial charge in [0.05, 0.1) is 6.10 Å². The Bertz CT molecular complexity index is 76.5. The molecule has 0 aliphatic heterocycles. The minimum atomic E-state index is -0.212. The van der Waals surface area contributed by atoms with Crippen molar-refractivity contribution in [3.05, 3.63) is 0 Å². The van der Waals surface area contributed by atoms with Crippen molar-refractivity contribution in [1.82, 2.24) is 0 Å². The molecule has 1 nitrogen and oxygen atoms in total. The van der Waals surface area contributed by atoms with Crippen LogP contribution in [-0.2, 0) is 4.74 Å². The van der Waals surface area contributed by atoms with Crippen LogP contribution in [0.2, 0.25) is 4.55 Å². The van der Waals surface area contributed by atoms with Gasteiger partial charge in [-0.2, -0.15) is 0 Å². The molecule has 0 aliphatic rings. The van der Waals surface area contributed by atoms with Crippen LogP contribution in [0.15, 0.2) is 0 Å².